The molecule has 2 heteroatoms. The van der Waals surface area contributed by atoms with Gasteiger partial charge in [-0.25, -0.2) is 0 Å². The fraction of sp³-hybridized carbons (Fsp3) is 0.571. The summed E-state index contributed by atoms with van der Waals surface area (Å²) in [6.45, 7) is 3.96. The van der Waals surface area contributed by atoms with Crippen molar-refractivity contribution >= 4 is 0 Å². The van der Waals surface area contributed by atoms with E-state index in [1.54, 1.807) is 11.1 Å². The summed E-state index contributed by atoms with van der Waals surface area (Å²) >= 11 is 0. The van der Waals surface area contributed by atoms with Gasteiger partial charge in [-0.15, -0.1) is 0 Å². The van der Waals surface area contributed by atoms with Crippen molar-refractivity contribution in [2.24, 2.45) is 0 Å². The molecule has 0 spiro atoms. The van der Waals surface area contributed by atoms with Crippen molar-refractivity contribution in [1.29, 1.82) is 0 Å². The lowest BCUT2D eigenvalue weighted by Crippen LogP contribution is -2.40. The molecule has 3 rings (SSSR count). The first kappa shape index (κ1) is 10.3. The average Bonchev–Trinajstić information content (AvgIpc) is 2.76. The molecule has 2 atom stereocenters. The zero-order valence-electron chi connectivity index (χ0n) is 9.83. The molecule has 1 aromatic rings. The van der Waals surface area contributed by atoms with Gasteiger partial charge in [-0.3, -0.25) is 0 Å². The van der Waals surface area contributed by atoms with Crippen LogP contribution in [0.3, 0.4) is 0 Å². The van der Waals surface area contributed by atoms with Crippen LogP contribution in [0.1, 0.15) is 36.1 Å². The Morgan fingerprint density at radius 1 is 1.25 bits per heavy atom. The van der Waals surface area contributed by atoms with E-state index in [0.29, 0.717) is 6.04 Å². The van der Waals surface area contributed by atoms with E-state index >= 15 is 0 Å². The number of aryl methyl sites for hydroxylation is 2. The number of benzene rings is 1. The lowest BCUT2D eigenvalue weighted by atomic mass is 9.97. The minimum absolute atomic E-state index is 0.285. The van der Waals surface area contributed by atoms with Gasteiger partial charge in [0.25, 0.3) is 0 Å². The Kier molecular flexibility index (Phi) is 2.70. The van der Waals surface area contributed by atoms with Gasteiger partial charge in [-0.1, -0.05) is 18.2 Å². The summed E-state index contributed by atoms with van der Waals surface area (Å²) in [6.07, 6.45) is 4.13. The van der Waals surface area contributed by atoms with Crippen LogP contribution in [0.15, 0.2) is 18.2 Å². The van der Waals surface area contributed by atoms with Gasteiger partial charge in [0.05, 0.1) is 18.8 Å². The Morgan fingerprint density at radius 2 is 2.12 bits per heavy atom. The molecule has 0 aromatic heterocycles. The molecule has 0 saturated carbocycles. The van der Waals surface area contributed by atoms with E-state index < -0.39 is 0 Å². The smallest absolute Gasteiger partial charge is 0.0742 e. The van der Waals surface area contributed by atoms with Crippen molar-refractivity contribution in [3.05, 3.63) is 34.9 Å². The molecule has 2 nitrogen and oxygen atoms in total. The molecule has 1 fully saturated rings. The molecular weight excluding hydrogens is 198 g/mol. The minimum Gasteiger partial charge on any atom is -0.375 e. The molecule has 0 amide bonds. The first-order valence-corrected chi connectivity index (χ1v) is 6.31. The van der Waals surface area contributed by atoms with Crippen molar-refractivity contribution in [2.45, 2.75) is 38.3 Å². The Labute approximate surface area is 97.0 Å². The number of nitrogens with one attached hydrogen (secondary N) is 1. The van der Waals surface area contributed by atoms with Gasteiger partial charge in [-0.2, -0.15) is 0 Å². The predicted molar refractivity (Wildman–Crippen MR) is 64.6 cm³/mol. The van der Waals surface area contributed by atoms with E-state index in [1.807, 2.05) is 0 Å². The monoisotopic (exact) mass is 217 g/mol. The molecule has 1 aromatic carbocycles. The number of rotatable bonds is 1. The van der Waals surface area contributed by atoms with Crippen molar-refractivity contribution in [3.63, 3.8) is 0 Å². The van der Waals surface area contributed by atoms with E-state index in [4.69, 9.17) is 4.74 Å². The van der Waals surface area contributed by atoms with E-state index in [2.05, 4.69) is 30.4 Å². The van der Waals surface area contributed by atoms with Crippen molar-refractivity contribution in [2.75, 3.05) is 13.2 Å². The van der Waals surface area contributed by atoms with Gasteiger partial charge in [0, 0.05) is 6.54 Å². The van der Waals surface area contributed by atoms with Gasteiger partial charge in [0.2, 0.25) is 0 Å². The Hall–Kier alpha value is -0.860. The zero-order valence-corrected chi connectivity index (χ0v) is 9.83. The second-order valence-corrected chi connectivity index (χ2v) is 4.89. The van der Waals surface area contributed by atoms with E-state index in [1.165, 1.54) is 24.8 Å². The number of hydrogen-bond donors (Lipinski definition) is 1. The van der Waals surface area contributed by atoms with Gasteiger partial charge in [-0.05, 0) is 42.9 Å². The third kappa shape index (κ3) is 1.76. The third-order valence-corrected chi connectivity index (χ3v) is 3.80. The molecule has 2 aliphatic rings. The Bertz CT molecular complexity index is 388. The van der Waals surface area contributed by atoms with Crippen molar-refractivity contribution in [3.8, 4) is 0 Å². The van der Waals surface area contributed by atoms with Crippen LogP contribution in [0.2, 0.25) is 0 Å². The van der Waals surface area contributed by atoms with Crippen LogP contribution in [0.4, 0.5) is 0 Å². The van der Waals surface area contributed by atoms with Crippen LogP contribution < -0.4 is 5.32 Å². The van der Waals surface area contributed by atoms with E-state index in [0.717, 1.165) is 13.2 Å². The molecule has 1 N–H and O–H groups in total. The molecule has 86 valence electrons. The number of morpholine rings is 1. The first-order chi connectivity index (χ1) is 7.84. The lowest BCUT2D eigenvalue weighted by Gasteiger charge is -2.31. The second kappa shape index (κ2) is 4.19. The average molecular weight is 217 g/mol. The first-order valence-electron chi connectivity index (χ1n) is 6.31. The topological polar surface area (TPSA) is 21.3 Å². The van der Waals surface area contributed by atoms with E-state index in [-0.39, 0.29) is 6.10 Å². The van der Waals surface area contributed by atoms with Gasteiger partial charge in [0.1, 0.15) is 0 Å². The number of hydrogen-bond acceptors (Lipinski definition) is 2. The maximum atomic E-state index is 5.70. The molecule has 0 bridgehead atoms. The summed E-state index contributed by atoms with van der Waals surface area (Å²) in [4.78, 5) is 0. The Morgan fingerprint density at radius 3 is 3.00 bits per heavy atom. The molecule has 2 unspecified atom stereocenters. The molecule has 0 radical (unpaired) electrons. The standard InChI is InChI=1S/C14H19NO/c1-10-14(15-7-8-16-10)13-6-5-11-3-2-4-12(11)9-13/h5-6,9-10,14-15H,2-4,7-8H2,1H3. The van der Waals surface area contributed by atoms with Crippen LogP contribution in [-0.2, 0) is 17.6 Å². The SMILES string of the molecule is CC1OCCNC1c1ccc2c(c1)CCC2. The van der Waals surface area contributed by atoms with Gasteiger partial charge < -0.3 is 10.1 Å². The molecular formula is C14H19NO. The zero-order chi connectivity index (χ0) is 11.0. The van der Waals surface area contributed by atoms with Gasteiger partial charge >= 0.3 is 0 Å². The Balaban J connectivity index is 1.88. The number of fused-ring (bicyclic) bond motifs is 1. The summed E-state index contributed by atoms with van der Waals surface area (Å²) in [5.74, 6) is 0. The largest absolute Gasteiger partial charge is 0.375 e. The molecule has 1 aliphatic carbocycles. The second-order valence-electron chi connectivity index (χ2n) is 4.89. The maximum absolute atomic E-state index is 5.70. The minimum atomic E-state index is 0.285. The molecule has 1 aliphatic heterocycles. The molecule has 1 heterocycles. The summed E-state index contributed by atoms with van der Waals surface area (Å²) < 4.78 is 5.70. The van der Waals surface area contributed by atoms with Crippen LogP contribution in [0, 0.1) is 0 Å². The normalized spacial score (nSPS) is 29.1. The lowest BCUT2D eigenvalue weighted by molar-refractivity contribution is 0.00755. The third-order valence-electron chi connectivity index (χ3n) is 3.80. The summed E-state index contributed by atoms with van der Waals surface area (Å²) in [5, 5.41) is 3.55. The fourth-order valence-corrected chi connectivity index (χ4v) is 2.90. The highest BCUT2D eigenvalue weighted by Gasteiger charge is 2.24. The highest BCUT2D eigenvalue weighted by atomic mass is 16.5. The molecule has 1 saturated heterocycles. The highest BCUT2D eigenvalue weighted by molar-refractivity contribution is 5.37. The maximum Gasteiger partial charge on any atom is 0.0742 e. The van der Waals surface area contributed by atoms with Gasteiger partial charge in [0.15, 0.2) is 0 Å². The molecule has 16 heavy (non-hydrogen) atoms. The van der Waals surface area contributed by atoms with E-state index in [9.17, 15) is 0 Å². The highest BCUT2D eigenvalue weighted by Crippen LogP contribution is 2.28. The number of ether oxygens (including phenoxy) is 1. The quantitative estimate of drug-likeness (QED) is 0.779. The van der Waals surface area contributed by atoms with Crippen LogP contribution in [0.25, 0.3) is 0 Å². The summed E-state index contributed by atoms with van der Waals surface area (Å²) in [7, 11) is 0. The summed E-state index contributed by atoms with van der Waals surface area (Å²) in [5.41, 5.74) is 4.50. The van der Waals surface area contributed by atoms with Crippen molar-refractivity contribution < 1.29 is 4.74 Å². The fourth-order valence-electron chi connectivity index (χ4n) is 2.90. The van der Waals surface area contributed by atoms with Crippen LogP contribution in [-0.4, -0.2) is 19.3 Å². The van der Waals surface area contributed by atoms with Crippen molar-refractivity contribution in [1.82, 2.24) is 5.32 Å². The van der Waals surface area contributed by atoms with Crippen LogP contribution in [0.5, 0.6) is 0 Å². The summed E-state index contributed by atoms with van der Waals surface area (Å²) in [6, 6.07) is 7.33. The predicted octanol–water partition coefficient (Wildman–Crippen LogP) is 2.22. The van der Waals surface area contributed by atoms with Crippen LogP contribution >= 0.6 is 0 Å².